The summed E-state index contributed by atoms with van der Waals surface area (Å²) in [5, 5.41) is 15.4. The van der Waals surface area contributed by atoms with E-state index in [1.165, 1.54) is 17.6 Å². The first-order valence-electron chi connectivity index (χ1n) is 5.96. The van der Waals surface area contributed by atoms with Gasteiger partial charge in [0, 0.05) is 10.6 Å². The lowest BCUT2D eigenvalue weighted by Gasteiger charge is -1.96. The van der Waals surface area contributed by atoms with Gasteiger partial charge in [-0.1, -0.05) is 46.7 Å². The zero-order valence-electron chi connectivity index (χ0n) is 10.5. The lowest BCUT2D eigenvalue weighted by Crippen LogP contribution is -1.89. The van der Waals surface area contributed by atoms with Gasteiger partial charge in [-0.15, -0.1) is 0 Å². The van der Waals surface area contributed by atoms with Gasteiger partial charge >= 0.3 is 0 Å². The second-order valence-corrected chi connectivity index (χ2v) is 6.06. The maximum atomic E-state index is 9.62. The number of phenolic OH excluding ortho intramolecular Hbond substituents is 1. The van der Waals surface area contributed by atoms with Crippen LogP contribution in [0, 0.1) is 0 Å². The zero-order chi connectivity index (χ0) is 14.8. The molecule has 0 radical (unpaired) electrons. The van der Waals surface area contributed by atoms with E-state index in [2.05, 4.69) is 15.5 Å². The standard InChI is InChI=1S/C14H9Cl2N3OS/c15-9-5-10(16)13-12(6-9)21-14(18-13)19-17-7-8-3-1-2-4-11(8)20/h1-7,20H,(H,18,19). The molecule has 0 unspecified atom stereocenters. The average molecular weight is 338 g/mol. The van der Waals surface area contributed by atoms with Crippen LogP contribution in [0.25, 0.3) is 10.2 Å². The van der Waals surface area contributed by atoms with Crippen LogP contribution >= 0.6 is 34.5 Å². The Balaban J connectivity index is 1.83. The summed E-state index contributed by atoms with van der Waals surface area (Å²) in [5.41, 5.74) is 4.12. The number of hydrogen-bond donors (Lipinski definition) is 2. The predicted molar refractivity (Wildman–Crippen MR) is 89.0 cm³/mol. The van der Waals surface area contributed by atoms with Crippen molar-refractivity contribution in [3.8, 4) is 5.75 Å². The molecular formula is C14H9Cl2N3OS. The highest BCUT2D eigenvalue weighted by molar-refractivity contribution is 7.22. The number of aromatic hydroxyl groups is 1. The molecule has 1 heterocycles. The first kappa shape index (κ1) is 14.1. The highest BCUT2D eigenvalue weighted by atomic mass is 35.5. The topological polar surface area (TPSA) is 57.5 Å². The molecule has 0 bridgehead atoms. The second kappa shape index (κ2) is 5.89. The van der Waals surface area contributed by atoms with Gasteiger partial charge in [0.1, 0.15) is 11.3 Å². The smallest absolute Gasteiger partial charge is 0.204 e. The zero-order valence-corrected chi connectivity index (χ0v) is 12.9. The third-order valence-corrected chi connectivity index (χ3v) is 4.13. The van der Waals surface area contributed by atoms with Crippen molar-refractivity contribution >= 4 is 56.1 Å². The van der Waals surface area contributed by atoms with Gasteiger partial charge < -0.3 is 5.11 Å². The summed E-state index contributed by atoms with van der Waals surface area (Å²) in [6.07, 6.45) is 1.52. The van der Waals surface area contributed by atoms with Gasteiger partial charge in [0.15, 0.2) is 0 Å². The first-order valence-corrected chi connectivity index (χ1v) is 7.53. The Kier molecular flexibility index (Phi) is 3.96. The molecule has 0 saturated carbocycles. The molecule has 0 atom stereocenters. The molecule has 3 aromatic rings. The Labute approximate surface area is 134 Å². The minimum absolute atomic E-state index is 0.169. The van der Waals surface area contributed by atoms with E-state index in [1.54, 1.807) is 30.3 Å². The van der Waals surface area contributed by atoms with Crippen LogP contribution < -0.4 is 5.43 Å². The molecule has 1 aromatic heterocycles. The summed E-state index contributed by atoms with van der Waals surface area (Å²) in [5.74, 6) is 0.169. The number of anilines is 1. The molecule has 7 heteroatoms. The number of hydrazone groups is 1. The lowest BCUT2D eigenvalue weighted by atomic mass is 10.2. The highest BCUT2D eigenvalue weighted by Crippen LogP contribution is 2.33. The molecular weight excluding hydrogens is 329 g/mol. The van der Waals surface area contributed by atoms with Crippen LogP contribution in [0.4, 0.5) is 5.13 Å². The Bertz CT molecular complexity index is 832. The van der Waals surface area contributed by atoms with Gasteiger partial charge in [-0.05, 0) is 24.3 Å². The molecule has 106 valence electrons. The number of benzene rings is 2. The Hall–Kier alpha value is -1.82. The molecule has 0 aliphatic heterocycles. The minimum atomic E-state index is 0.169. The molecule has 0 fully saturated rings. The largest absolute Gasteiger partial charge is 0.507 e. The van der Waals surface area contributed by atoms with Crippen molar-refractivity contribution in [2.75, 3.05) is 5.43 Å². The lowest BCUT2D eigenvalue weighted by molar-refractivity contribution is 0.474. The van der Waals surface area contributed by atoms with Crippen LogP contribution in [0.15, 0.2) is 41.5 Å². The molecule has 0 saturated heterocycles. The number of aromatic nitrogens is 1. The van der Waals surface area contributed by atoms with E-state index in [1.807, 2.05) is 6.07 Å². The minimum Gasteiger partial charge on any atom is -0.507 e. The molecule has 2 N–H and O–H groups in total. The molecule has 21 heavy (non-hydrogen) atoms. The average Bonchev–Trinajstić information content (AvgIpc) is 2.84. The Morgan fingerprint density at radius 2 is 2.05 bits per heavy atom. The quantitative estimate of drug-likeness (QED) is 0.535. The van der Waals surface area contributed by atoms with Gasteiger partial charge in [-0.2, -0.15) is 5.10 Å². The van der Waals surface area contributed by atoms with Crippen LogP contribution in [0.2, 0.25) is 10.0 Å². The SMILES string of the molecule is Oc1ccccc1C=NNc1nc2c(Cl)cc(Cl)cc2s1. The summed E-state index contributed by atoms with van der Waals surface area (Å²) in [4.78, 5) is 4.35. The third-order valence-electron chi connectivity index (χ3n) is 2.71. The number of phenols is 1. The molecule has 4 nitrogen and oxygen atoms in total. The van der Waals surface area contributed by atoms with Crippen molar-refractivity contribution in [1.82, 2.24) is 4.98 Å². The molecule has 0 spiro atoms. The van der Waals surface area contributed by atoms with E-state index in [0.717, 1.165) is 4.70 Å². The second-order valence-electron chi connectivity index (χ2n) is 4.18. The van der Waals surface area contributed by atoms with Crippen LogP contribution in [-0.4, -0.2) is 16.3 Å². The fourth-order valence-corrected chi connectivity index (χ4v) is 3.30. The van der Waals surface area contributed by atoms with Crippen LogP contribution in [0.3, 0.4) is 0 Å². The fourth-order valence-electron chi connectivity index (χ4n) is 1.76. The maximum absolute atomic E-state index is 9.62. The summed E-state index contributed by atoms with van der Waals surface area (Å²) >= 11 is 13.4. The summed E-state index contributed by atoms with van der Waals surface area (Å²) < 4.78 is 0.882. The van der Waals surface area contributed by atoms with E-state index < -0.39 is 0 Å². The molecule has 0 aliphatic rings. The van der Waals surface area contributed by atoms with Gasteiger partial charge in [0.2, 0.25) is 5.13 Å². The van der Waals surface area contributed by atoms with Crippen molar-refractivity contribution in [3.63, 3.8) is 0 Å². The molecule has 3 rings (SSSR count). The normalized spacial score (nSPS) is 11.3. The number of thiazole rings is 1. The predicted octanol–water partition coefficient (Wildman–Crippen LogP) is 4.75. The number of para-hydroxylation sites is 1. The van der Waals surface area contributed by atoms with Crippen molar-refractivity contribution in [3.05, 3.63) is 52.0 Å². The number of halogens is 2. The van der Waals surface area contributed by atoms with Crippen LogP contribution in [0.5, 0.6) is 5.75 Å². The number of rotatable bonds is 3. The number of nitrogens with one attached hydrogen (secondary N) is 1. The molecule has 0 amide bonds. The first-order chi connectivity index (χ1) is 10.1. The van der Waals surface area contributed by atoms with E-state index in [4.69, 9.17) is 23.2 Å². The van der Waals surface area contributed by atoms with E-state index >= 15 is 0 Å². The van der Waals surface area contributed by atoms with E-state index in [-0.39, 0.29) is 5.75 Å². The van der Waals surface area contributed by atoms with Crippen molar-refractivity contribution in [2.24, 2.45) is 5.10 Å². The van der Waals surface area contributed by atoms with E-state index in [0.29, 0.717) is 26.3 Å². The fraction of sp³-hybridized carbons (Fsp3) is 0. The summed E-state index contributed by atoms with van der Waals surface area (Å²) in [6.45, 7) is 0. The number of hydrogen-bond acceptors (Lipinski definition) is 5. The van der Waals surface area contributed by atoms with Crippen molar-refractivity contribution < 1.29 is 5.11 Å². The Morgan fingerprint density at radius 1 is 1.24 bits per heavy atom. The number of fused-ring (bicyclic) bond motifs is 1. The summed E-state index contributed by atoms with van der Waals surface area (Å²) in [7, 11) is 0. The Morgan fingerprint density at radius 3 is 2.86 bits per heavy atom. The molecule has 2 aromatic carbocycles. The van der Waals surface area contributed by atoms with Gasteiger partial charge in [-0.3, -0.25) is 5.43 Å². The van der Waals surface area contributed by atoms with E-state index in [9.17, 15) is 5.11 Å². The van der Waals surface area contributed by atoms with Crippen LogP contribution in [0.1, 0.15) is 5.56 Å². The number of nitrogens with zero attached hydrogens (tertiary/aromatic N) is 2. The summed E-state index contributed by atoms with van der Waals surface area (Å²) in [6, 6.07) is 10.4. The van der Waals surface area contributed by atoms with Gasteiger partial charge in [0.25, 0.3) is 0 Å². The monoisotopic (exact) mass is 337 g/mol. The van der Waals surface area contributed by atoms with Crippen molar-refractivity contribution in [2.45, 2.75) is 0 Å². The maximum Gasteiger partial charge on any atom is 0.204 e. The third kappa shape index (κ3) is 3.10. The van der Waals surface area contributed by atoms with Crippen molar-refractivity contribution in [1.29, 1.82) is 0 Å². The van der Waals surface area contributed by atoms with Crippen LogP contribution in [-0.2, 0) is 0 Å². The highest BCUT2D eigenvalue weighted by Gasteiger charge is 2.08. The molecule has 0 aliphatic carbocycles. The van der Waals surface area contributed by atoms with Gasteiger partial charge in [-0.25, -0.2) is 4.98 Å². The van der Waals surface area contributed by atoms with Gasteiger partial charge in [0.05, 0.1) is 15.9 Å².